The van der Waals surface area contributed by atoms with Gasteiger partial charge in [-0.3, -0.25) is 4.79 Å². The summed E-state index contributed by atoms with van der Waals surface area (Å²) >= 11 is 0. The highest BCUT2D eigenvalue weighted by Crippen LogP contribution is 2.27. The summed E-state index contributed by atoms with van der Waals surface area (Å²) in [6.07, 6.45) is 5.79. The van der Waals surface area contributed by atoms with E-state index in [0.29, 0.717) is 44.2 Å². The van der Waals surface area contributed by atoms with E-state index in [0.717, 1.165) is 6.42 Å². The Kier molecular flexibility index (Phi) is 6.99. The van der Waals surface area contributed by atoms with Crippen molar-refractivity contribution in [1.82, 2.24) is 9.62 Å². The van der Waals surface area contributed by atoms with Crippen LogP contribution >= 0.6 is 0 Å². The van der Waals surface area contributed by atoms with Crippen molar-refractivity contribution in [2.75, 3.05) is 19.7 Å². The van der Waals surface area contributed by atoms with Gasteiger partial charge in [0.1, 0.15) is 5.75 Å². The van der Waals surface area contributed by atoms with E-state index >= 15 is 0 Å². The van der Waals surface area contributed by atoms with Gasteiger partial charge in [-0.15, -0.1) is 0 Å². The molecule has 28 heavy (non-hydrogen) atoms. The van der Waals surface area contributed by atoms with E-state index in [9.17, 15) is 13.2 Å². The van der Waals surface area contributed by atoms with Crippen LogP contribution in [0.4, 0.5) is 0 Å². The molecule has 2 aliphatic rings. The molecule has 1 aromatic rings. The lowest BCUT2D eigenvalue weighted by molar-refractivity contribution is -0.127. The predicted octanol–water partition coefficient (Wildman–Crippen LogP) is 3.18. The Balaban J connectivity index is 1.55. The average Bonchev–Trinajstić information content (AvgIpc) is 2.70. The first-order chi connectivity index (χ1) is 13.4. The molecule has 1 N–H and O–H groups in total. The topological polar surface area (TPSA) is 75.7 Å². The maximum atomic E-state index is 12.9. The Hall–Kier alpha value is -1.60. The van der Waals surface area contributed by atoms with Crippen LogP contribution in [0.25, 0.3) is 0 Å². The van der Waals surface area contributed by atoms with E-state index in [-0.39, 0.29) is 22.8 Å². The van der Waals surface area contributed by atoms with Crippen molar-refractivity contribution in [1.29, 1.82) is 0 Å². The van der Waals surface area contributed by atoms with Gasteiger partial charge in [-0.1, -0.05) is 19.8 Å². The number of ether oxygens (including phenoxy) is 1. The lowest BCUT2D eigenvalue weighted by Crippen LogP contribution is -2.47. The second kappa shape index (κ2) is 9.27. The van der Waals surface area contributed by atoms with Crippen molar-refractivity contribution in [3.8, 4) is 5.75 Å². The van der Waals surface area contributed by atoms with Gasteiger partial charge in [-0.05, 0) is 62.8 Å². The fourth-order valence-corrected chi connectivity index (χ4v) is 5.68. The van der Waals surface area contributed by atoms with Crippen LogP contribution in [-0.2, 0) is 14.8 Å². The fraction of sp³-hybridized carbons (Fsp3) is 0.667. The van der Waals surface area contributed by atoms with Crippen molar-refractivity contribution in [2.45, 2.75) is 63.3 Å². The zero-order valence-corrected chi connectivity index (χ0v) is 17.7. The number of nitrogens with zero attached hydrogens (tertiary/aromatic N) is 1. The third-order valence-electron chi connectivity index (χ3n) is 6.04. The van der Waals surface area contributed by atoms with E-state index < -0.39 is 10.0 Å². The second-order valence-corrected chi connectivity index (χ2v) is 9.90. The number of sulfonamides is 1. The summed E-state index contributed by atoms with van der Waals surface area (Å²) in [5, 5.41) is 3.22. The molecule has 1 aromatic carbocycles. The molecule has 1 saturated carbocycles. The molecular formula is C21H32N2O4S. The van der Waals surface area contributed by atoms with E-state index in [1.807, 2.05) is 6.92 Å². The Bertz CT molecular complexity index is 755. The number of piperidine rings is 1. The average molecular weight is 409 g/mol. The highest BCUT2D eigenvalue weighted by atomic mass is 32.2. The van der Waals surface area contributed by atoms with Gasteiger partial charge in [0.25, 0.3) is 0 Å². The van der Waals surface area contributed by atoms with Gasteiger partial charge in [0, 0.05) is 25.0 Å². The molecule has 0 radical (unpaired) electrons. The second-order valence-electron chi connectivity index (χ2n) is 7.96. The summed E-state index contributed by atoms with van der Waals surface area (Å²) in [5.41, 5.74) is 0. The number of carbonyl (C=O) groups excluding carboxylic acids is 1. The monoisotopic (exact) mass is 408 g/mol. The van der Waals surface area contributed by atoms with E-state index in [2.05, 4.69) is 12.2 Å². The predicted molar refractivity (Wildman–Crippen MR) is 109 cm³/mol. The van der Waals surface area contributed by atoms with Crippen molar-refractivity contribution in [3.05, 3.63) is 24.3 Å². The minimum absolute atomic E-state index is 0.0943. The normalized spacial score (nSPS) is 24.6. The third-order valence-corrected chi connectivity index (χ3v) is 7.95. The van der Waals surface area contributed by atoms with Crippen LogP contribution in [0, 0.1) is 11.8 Å². The Morgan fingerprint density at radius 2 is 1.75 bits per heavy atom. The van der Waals surface area contributed by atoms with E-state index in [1.165, 1.54) is 23.6 Å². The molecule has 156 valence electrons. The quantitative estimate of drug-likeness (QED) is 0.784. The molecule has 0 bridgehead atoms. The van der Waals surface area contributed by atoms with Crippen LogP contribution in [0.2, 0.25) is 0 Å². The van der Waals surface area contributed by atoms with Crippen molar-refractivity contribution < 1.29 is 17.9 Å². The molecule has 2 atom stereocenters. The lowest BCUT2D eigenvalue weighted by Gasteiger charge is -2.34. The third kappa shape index (κ3) is 4.87. The van der Waals surface area contributed by atoms with Gasteiger partial charge < -0.3 is 10.1 Å². The number of rotatable bonds is 6. The van der Waals surface area contributed by atoms with Gasteiger partial charge in [0.15, 0.2) is 0 Å². The van der Waals surface area contributed by atoms with Crippen molar-refractivity contribution in [3.63, 3.8) is 0 Å². The maximum Gasteiger partial charge on any atom is 0.243 e. The first kappa shape index (κ1) is 21.1. The first-order valence-electron chi connectivity index (χ1n) is 10.4. The van der Waals surface area contributed by atoms with Crippen LogP contribution in [0.5, 0.6) is 5.75 Å². The SMILES string of the molecule is CCOc1ccc(S(=O)(=O)N2CCC(C(=O)NC3CCCCC3C)CC2)cc1. The van der Waals surface area contributed by atoms with Gasteiger partial charge in [0.05, 0.1) is 11.5 Å². The molecule has 0 aromatic heterocycles. The summed E-state index contributed by atoms with van der Waals surface area (Å²) in [4.78, 5) is 12.9. The minimum atomic E-state index is -3.53. The van der Waals surface area contributed by atoms with Gasteiger partial charge in [-0.25, -0.2) is 8.42 Å². The highest BCUT2D eigenvalue weighted by molar-refractivity contribution is 7.89. The molecule has 1 amide bonds. The molecule has 1 aliphatic heterocycles. The molecule has 2 fully saturated rings. The van der Waals surface area contributed by atoms with Crippen LogP contribution in [0.1, 0.15) is 52.4 Å². The molecule has 1 saturated heterocycles. The maximum absolute atomic E-state index is 12.9. The summed E-state index contributed by atoms with van der Waals surface area (Å²) < 4.78 is 32.6. The largest absolute Gasteiger partial charge is 0.494 e. The molecule has 3 rings (SSSR count). The molecule has 6 nitrogen and oxygen atoms in total. The smallest absolute Gasteiger partial charge is 0.243 e. The number of hydrogen-bond acceptors (Lipinski definition) is 4. The standard InChI is InChI=1S/C21H32N2O4S/c1-3-27-18-8-10-19(11-9-18)28(25,26)23-14-12-17(13-15-23)21(24)22-20-7-5-4-6-16(20)2/h8-11,16-17,20H,3-7,12-15H2,1-2H3,(H,22,24). The summed E-state index contributed by atoms with van der Waals surface area (Å²) in [6, 6.07) is 6.81. The van der Waals surface area contributed by atoms with Crippen molar-refractivity contribution in [2.24, 2.45) is 11.8 Å². The van der Waals surface area contributed by atoms with Crippen LogP contribution in [0.3, 0.4) is 0 Å². The number of nitrogens with one attached hydrogen (secondary N) is 1. The molecule has 7 heteroatoms. The zero-order chi connectivity index (χ0) is 20.1. The molecule has 1 aliphatic carbocycles. The van der Waals surface area contributed by atoms with Gasteiger partial charge in [0.2, 0.25) is 15.9 Å². The first-order valence-corrected chi connectivity index (χ1v) is 11.9. The van der Waals surface area contributed by atoms with Gasteiger partial charge >= 0.3 is 0 Å². The molecule has 1 heterocycles. The number of benzene rings is 1. The highest BCUT2D eigenvalue weighted by Gasteiger charge is 2.33. The summed E-state index contributed by atoms with van der Waals surface area (Å²) in [7, 11) is -3.53. The summed E-state index contributed by atoms with van der Waals surface area (Å²) in [5.74, 6) is 1.18. The van der Waals surface area contributed by atoms with Gasteiger partial charge in [-0.2, -0.15) is 4.31 Å². The molecular weight excluding hydrogens is 376 g/mol. The number of carbonyl (C=O) groups is 1. The fourth-order valence-electron chi connectivity index (χ4n) is 4.21. The van der Waals surface area contributed by atoms with Crippen LogP contribution in [0.15, 0.2) is 29.2 Å². The molecule has 0 spiro atoms. The van der Waals surface area contributed by atoms with Crippen LogP contribution < -0.4 is 10.1 Å². The van der Waals surface area contributed by atoms with Crippen LogP contribution in [-0.4, -0.2) is 44.4 Å². The number of hydrogen-bond donors (Lipinski definition) is 1. The van der Waals surface area contributed by atoms with E-state index in [1.54, 1.807) is 24.3 Å². The molecule has 2 unspecified atom stereocenters. The minimum Gasteiger partial charge on any atom is -0.494 e. The Morgan fingerprint density at radius 3 is 2.36 bits per heavy atom. The zero-order valence-electron chi connectivity index (χ0n) is 16.9. The Labute approximate surface area is 168 Å². The number of amides is 1. The lowest BCUT2D eigenvalue weighted by atomic mass is 9.85. The van der Waals surface area contributed by atoms with E-state index in [4.69, 9.17) is 4.74 Å². The van der Waals surface area contributed by atoms with Crippen molar-refractivity contribution >= 4 is 15.9 Å². The summed E-state index contributed by atoms with van der Waals surface area (Å²) in [6.45, 7) is 5.40. The Morgan fingerprint density at radius 1 is 1.11 bits per heavy atom.